The molecule has 0 atom stereocenters. The molecule has 0 bridgehead atoms. The third kappa shape index (κ3) is 2.45. The lowest BCUT2D eigenvalue weighted by molar-refractivity contribution is 0.270. The zero-order valence-electron chi connectivity index (χ0n) is 7.78. The van der Waals surface area contributed by atoms with Crippen LogP contribution in [0.25, 0.3) is 0 Å². The van der Waals surface area contributed by atoms with E-state index in [0.717, 1.165) is 31.8 Å². The first-order chi connectivity index (χ1) is 5.54. The van der Waals surface area contributed by atoms with Crippen LogP contribution in [0, 0.1) is 5.92 Å². The van der Waals surface area contributed by atoms with E-state index >= 15 is 0 Å². The number of nitrogens with zero attached hydrogens (tertiary/aromatic N) is 1. The summed E-state index contributed by atoms with van der Waals surface area (Å²) in [6.45, 7) is 3.61. The fraction of sp³-hybridized carbons (Fsp3) is 1.00. The summed E-state index contributed by atoms with van der Waals surface area (Å²) in [5.74, 6) is 0.739. The lowest BCUT2D eigenvalue weighted by atomic mass is 9.96. The van der Waals surface area contributed by atoms with E-state index < -0.39 is 10.0 Å². The molecular weight excluding hydrogens is 174 g/mol. The van der Waals surface area contributed by atoms with E-state index in [9.17, 15) is 8.42 Å². The Morgan fingerprint density at radius 1 is 1.33 bits per heavy atom. The van der Waals surface area contributed by atoms with Crippen LogP contribution in [0.1, 0.15) is 26.2 Å². The first kappa shape index (κ1) is 9.99. The fourth-order valence-corrected chi connectivity index (χ4v) is 2.52. The maximum absolute atomic E-state index is 11.1. The van der Waals surface area contributed by atoms with Gasteiger partial charge in [-0.05, 0) is 18.8 Å². The molecule has 0 unspecified atom stereocenters. The second-order valence-electron chi connectivity index (χ2n) is 3.51. The number of hydrogen-bond acceptors (Lipinski definition) is 2. The molecular formula is C8H17NO2S. The van der Waals surface area contributed by atoms with Crippen LogP contribution in [-0.2, 0) is 10.0 Å². The minimum absolute atomic E-state index is 0.720. The summed E-state index contributed by atoms with van der Waals surface area (Å²) in [5, 5.41) is 0. The lowest BCUT2D eigenvalue weighted by Crippen LogP contribution is -2.37. The average molecular weight is 191 g/mol. The molecule has 72 valence electrons. The molecule has 1 rings (SSSR count). The number of sulfonamides is 1. The summed E-state index contributed by atoms with van der Waals surface area (Å²) in [7, 11) is -2.92. The summed E-state index contributed by atoms with van der Waals surface area (Å²) in [6, 6.07) is 0. The molecule has 0 amide bonds. The third-order valence-corrected chi connectivity index (χ3v) is 3.92. The first-order valence-electron chi connectivity index (χ1n) is 4.49. The van der Waals surface area contributed by atoms with Crippen LogP contribution >= 0.6 is 0 Å². The zero-order chi connectivity index (χ0) is 9.19. The van der Waals surface area contributed by atoms with Crippen molar-refractivity contribution in [3.63, 3.8) is 0 Å². The van der Waals surface area contributed by atoms with Gasteiger partial charge in [-0.3, -0.25) is 0 Å². The van der Waals surface area contributed by atoms with E-state index in [4.69, 9.17) is 0 Å². The number of piperidine rings is 1. The lowest BCUT2D eigenvalue weighted by Gasteiger charge is -2.29. The van der Waals surface area contributed by atoms with Crippen molar-refractivity contribution in [3.05, 3.63) is 0 Å². The molecule has 3 nitrogen and oxygen atoms in total. The van der Waals surface area contributed by atoms with Crippen molar-refractivity contribution in [2.24, 2.45) is 5.92 Å². The molecule has 0 aromatic heterocycles. The Hall–Kier alpha value is -0.0900. The van der Waals surface area contributed by atoms with Gasteiger partial charge in [-0.2, -0.15) is 0 Å². The van der Waals surface area contributed by atoms with Crippen molar-refractivity contribution in [2.45, 2.75) is 26.2 Å². The van der Waals surface area contributed by atoms with Gasteiger partial charge in [-0.15, -0.1) is 0 Å². The monoisotopic (exact) mass is 191 g/mol. The Morgan fingerprint density at radius 2 is 1.83 bits per heavy atom. The topological polar surface area (TPSA) is 37.4 Å². The number of hydrogen-bond donors (Lipinski definition) is 0. The van der Waals surface area contributed by atoms with Crippen LogP contribution in [0.2, 0.25) is 0 Å². The van der Waals surface area contributed by atoms with Gasteiger partial charge in [0.1, 0.15) is 0 Å². The summed E-state index contributed by atoms with van der Waals surface area (Å²) in [6.07, 6.45) is 4.53. The first-order valence-corrected chi connectivity index (χ1v) is 6.34. The summed E-state index contributed by atoms with van der Waals surface area (Å²) in [4.78, 5) is 0. The molecule has 1 aliphatic rings. The largest absolute Gasteiger partial charge is 0.213 e. The Kier molecular flexibility index (Phi) is 3.12. The standard InChI is InChI=1S/C8H17NO2S/c1-3-8-4-6-9(7-5-8)12(2,10)11/h8H,3-7H2,1-2H3. The van der Waals surface area contributed by atoms with Crippen LogP contribution in [0.5, 0.6) is 0 Å². The Morgan fingerprint density at radius 3 is 2.17 bits per heavy atom. The van der Waals surface area contributed by atoms with E-state index in [-0.39, 0.29) is 0 Å². The van der Waals surface area contributed by atoms with E-state index in [1.54, 1.807) is 4.31 Å². The predicted molar refractivity (Wildman–Crippen MR) is 49.4 cm³/mol. The molecule has 1 aliphatic heterocycles. The number of rotatable bonds is 2. The van der Waals surface area contributed by atoms with Gasteiger partial charge >= 0.3 is 0 Å². The van der Waals surface area contributed by atoms with Crippen LogP contribution < -0.4 is 0 Å². The second kappa shape index (κ2) is 3.75. The molecule has 1 fully saturated rings. The summed E-state index contributed by atoms with van der Waals surface area (Å²) < 4.78 is 23.8. The highest BCUT2D eigenvalue weighted by Crippen LogP contribution is 2.21. The molecule has 0 aromatic rings. The summed E-state index contributed by atoms with van der Waals surface area (Å²) >= 11 is 0. The van der Waals surface area contributed by atoms with Crippen LogP contribution in [0.15, 0.2) is 0 Å². The van der Waals surface area contributed by atoms with Crippen molar-refractivity contribution < 1.29 is 8.42 Å². The zero-order valence-corrected chi connectivity index (χ0v) is 8.60. The van der Waals surface area contributed by atoms with Crippen LogP contribution in [-0.4, -0.2) is 32.1 Å². The van der Waals surface area contributed by atoms with Crippen molar-refractivity contribution in [1.82, 2.24) is 4.31 Å². The molecule has 0 saturated carbocycles. The van der Waals surface area contributed by atoms with Gasteiger partial charge in [0.2, 0.25) is 10.0 Å². The SMILES string of the molecule is CCC1CCN(S(C)(=O)=O)CC1. The van der Waals surface area contributed by atoms with Crippen molar-refractivity contribution in [2.75, 3.05) is 19.3 Å². The Bertz CT molecular complexity index is 227. The quantitative estimate of drug-likeness (QED) is 0.654. The highest BCUT2D eigenvalue weighted by molar-refractivity contribution is 7.88. The maximum Gasteiger partial charge on any atom is 0.211 e. The van der Waals surface area contributed by atoms with Crippen LogP contribution in [0.4, 0.5) is 0 Å². The molecule has 0 N–H and O–H groups in total. The normalized spacial score (nSPS) is 22.8. The molecule has 0 aromatic carbocycles. The molecule has 0 radical (unpaired) electrons. The maximum atomic E-state index is 11.1. The molecule has 12 heavy (non-hydrogen) atoms. The van der Waals surface area contributed by atoms with Gasteiger partial charge < -0.3 is 0 Å². The van der Waals surface area contributed by atoms with Gasteiger partial charge in [0.15, 0.2) is 0 Å². The van der Waals surface area contributed by atoms with Gasteiger partial charge in [-0.25, -0.2) is 12.7 Å². The highest BCUT2D eigenvalue weighted by Gasteiger charge is 2.23. The highest BCUT2D eigenvalue weighted by atomic mass is 32.2. The van der Waals surface area contributed by atoms with E-state index in [2.05, 4.69) is 6.92 Å². The van der Waals surface area contributed by atoms with E-state index in [1.807, 2.05) is 0 Å². The van der Waals surface area contributed by atoms with Crippen molar-refractivity contribution in [1.29, 1.82) is 0 Å². The van der Waals surface area contributed by atoms with Crippen molar-refractivity contribution >= 4 is 10.0 Å². The Labute approximate surface area is 74.8 Å². The van der Waals surface area contributed by atoms with Gasteiger partial charge in [-0.1, -0.05) is 13.3 Å². The fourth-order valence-electron chi connectivity index (χ4n) is 1.65. The van der Waals surface area contributed by atoms with E-state index in [1.165, 1.54) is 12.7 Å². The third-order valence-electron chi connectivity index (χ3n) is 2.62. The molecule has 1 heterocycles. The molecule has 4 heteroatoms. The summed E-state index contributed by atoms with van der Waals surface area (Å²) in [5.41, 5.74) is 0. The molecule has 0 aliphatic carbocycles. The van der Waals surface area contributed by atoms with Crippen molar-refractivity contribution in [3.8, 4) is 0 Å². The predicted octanol–water partition coefficient (Wildman–Crippen LogP) is 1.07. The second-order valence-corrected chi connectivity index (χ2v) is 5.50. The smallest absolute Gasteiger partial charge is 0.211 e. The Balaban J connectivity index is 2.47. The van der Waals surface area contributed by atoms with E-state index in [0.29, 0.717) is 0 Å². The van der Waals surface area contributed by atoms with Crippen LogP contribution in [0.3, 0.4) is 0 Å². The average Bonchev–Trinajstić information content (AvgIpc) is 2.03. The van der Waals surface area contributed by atoms with Gasteiger partial charge in [0, 0.05) is 13.1 Å². The minimum atomic E-state index is -2.92. The minimum Gasteiger partial charge on any atom is -0.213 e. The van der Waals surface area contributed by atoms with Gasteiger partial charge in [0.05, 0.1) is 6.26 Å². The van der Waals surface area contributed by atoms with Gasteiger partial charge in [0.25, 0.3) is 0 Å². The molecule has 1 saturated heterocycles. The molecule has 0 spiro atoms.